The zero-order valence-corrected chi connectivity index (χ0v) is 17.4. The quantitative estimate of drug-likeness (QED) is 0.351. The van der Waals surface area contributed by atoms with Crippen molar-refractivity contribution in [3.63, 3.8) is 0 Å². The van der Waals surface area contributed by atoms with Crippen molar-refractivity contribution in [3.8, 4) is 5.75 Å². The molecule has 4 N–H and O–H groups in total. The van der Waals surface area contributed by atoms with Crippen LogP contribution in [0.4, 0.5) is 0 Å². The van der Waals surface area contributed by atoms with Crippen molar-refractivity contribution in [2.75, 3.05) is 0 Å². The van der Waals surface area contributed by atoms with Gasteiger partial charge in [0.05, 0.1) is 12.0 Å². The molecule has 0 radical (unpaired) electrons. The molecule has 2 aliphatic heterocycles. The van der Waals surface area contributed by atoms with E-state index >= 15 is 0 Å². The summed E-state index contributed by atoms with van der Waals surface area (Å²) in [5, 5.41) is 22.8. The average molecular weight is 387 g/mol. The summed E-state index contributed by atoms with van der Waals surface area (Å²) in [4.78, 5) is 37.3. The van der Waals surface area contributed by atoms with E-state index in [2.05, 4.69) is 5.32 Å². The van der Waals surface area contributed by atoms with Gasteiger partial charge in [-0.05, 0) is 31.5 Å². The Morgan fingerprint density at radius 1 is 1.35 bits per heavy atom. The van der Waals surface area contributed by atoms with E-state index < -0.39 is 46.0 Å². The van der Waals surface area contributed by atoms with Crippen LogP contribution in [0.15, 0.2) is 24.3 Å². The Hall–Kier alpha value is -1.26. The minimum atomic E-state index is -1.31. The molecule has 1 aromatic rings. The van der Waals surface area contributed by atoms with Gasteiger partial charge in [-0.15, -0.1) is 11.8 Å². The molecule has 0 aromatic heterocycles. The summed E-state index contributed by atoms with van der Waals surface area (Å²) in [5.41, 5.74) is 6.39. The fraction of sp³-hybridized carbons (Fsp3) is 0.438. The van der Waals surface area contributed by atoms with Gasteiger partial charge in [0.2, 0.25) is 11.8 Å². The third-order valence-electron chi connectivity index (χ3n) is 4.50. The molecule has 10 heteroatoms. The van der Waals surface area contributed by atoms with Crippen LogP contribution < -0.4 is 45.7 Å². The number of hydrogen-bond donors (Lipinski definition) is 3. The van der Waals surface area contributed by atoms with Crippen molar-refractivity contribution in [2.45, 2.75) is 42.1 Å². The van der Waals surface area contributed by atoms with Crippen molar-refractivity contribution >= 4 is 29.5 Å². The molecule has 0 saturated carbocycles. The number of nitrogens with two attached hydrogens (primary N) is 1. The van der Waals surface area contributed by atoms with Crippen molar-refractivity contribution < 1.29 is 54.2 Å². The molecular formula is C16H18N3NaO5S. The second kappa shape index (κ2) is 7.40. The molecule has 0 spiro atoms. The monoisotopic (exact) mass is 387 g/mol. The molecule has 8 nitrogen and oxygen atoms in total. The first-order valence-corrected chi connectivity index (χ1v) is 8.57. The maximum Gasteiger partial charge on any atom is 1.00 e. The second-order valence-corrected chi connectivity index (χ2v) is 8.41. The molecule has 2 fully saturated rings. The molecule has 0 bridgehead atoms. The fourth-order valence-electron chi connectivity index (χ4n) is 3.20. The van der Waals surface area contributed by atoms with E-state index in [1.807, 2.05) is 0 Å². The number of benzene rings is 1. The van der Waals surface area contributed by atoms with Crippen LogP contribution in [0.25, 0.3) is 0 Å². The maximum atomic E-state index is 12.3. The van der Waals surface area contributed by atoms with Crippen LogP contribution in [0.2, 0.25) is 0 Å². The molecule has 0 aliphatic carbocycles. The zero-order valence-electron chi connectivity index (χ0n) is 14.6. The van der Waals surface area contributed by atoms with Crippen molar-refractivity contribution in [1.82, 2.24) is 10.2 Å². The summed E-state index contributed by atoms with van der Waals surface area (Å²) in [5.74, 6) is -2.25. The van der Waals surface area contributed by atoms with E-state index in [1.165, 1.54) is 40.9 Å². The molecule has 2 saturated heterocycles. The van der Waals surface area contributed by atoms with Crippen LogP contribution >= 0.6 is 11.8 Å². The van der Waals surface area contributed by atoms with Crippen molar-refractivity contribution in [2.24, 2.45) is 5.73 Å². The number of aliphatic carboxylic acids is 1. The van der Waals surface area contributed by atoms with E-state index in [0.29, 0.717) is 5.56 Å². The first-order chi connectivity index (χ1) is 11.6. The predicted molar refractivity (Wildman–Crippen MR) is 88.1 cm³/mol. The van der Waals surface area contributed by atoms with E-state index in [9.17, 15) is 24.6 Å². The Morgan fingerprint density at radius 2 is 1.92 bits per heavy atom. The number of β-lactam (4-membered cyclic amide) rings is 1. The Balaban J connectivity index is 0.00000243. The van der Waals surface area contributed by atoms with Gasteiger partial charge in [-0.2, -0.15) is 0 Å². The number of nitrogens with zero attached hydrogens (tertiary/aromatic N) is 1. The predicted octanol–water partition coefficient (Wildman–Crippen LogP) is -4.31. The number of phenols is 1. The van der Waals surface area contributed by atoms with Crippen LogP contribution in [0.5, 0.6) is 5.75 Å². The summed E-state index contributed by atoms with van der Waals surface area (Å²) in [7, 11) is 0. The van der Waals surface area contributed by atoms with Crippen LogP contribution in [-0.2, 0) is 14.4 Å². The van der Waals surface area contributed by atoms with Crippen molar-refractivity contribution in [1.29, 1.82) is 0 Å². The van der Waals surface area contributed by atoms with E-state index in [1.54, 1.807) is 13.8 Å². The summed E-state index contributed by atoms with van der Waals surface area (Å²) < 4.78 is -0.711. The summed E-state index contributed by atoms with van der Waals surface area (Å²) in [6, 6.07) is 3.02. The van der Waals surface area contributed by atoms with Gasteiger partial charge in [0.25, 0.3) is 0 Å². The molecule has 4 atom stereocenters. The molecular weight excluding hydrogens is 369 g/mol. The number of thioether (sulfide) groups is 1. The molecule has 2 aliphatic rings. The maximum absolute atomic E-state index is 12.3. The molecule has 3 rings (SSSR count). The van der Waals surface area contributed by atoms with E-state index in [0.717, 1.165) is 0 Å². The normalized spacial score (nSPS) is 27.0. The number of rotatable bonds is 4. The summed E-state index contributed by atoms with van der Waals surface area (Å²) in [6.45, 7) is 3.45. The zero-order chi connectivity index (χ0) is 18.5. The fourth-order valence-corrected chi connectivity index (χ4v) is 4.82. The van der Waals surface area contributed by atoms with Crippen LogP contribution in [-0.4, -0.2) is 50.0 Å². The number of amides is 2. The standard InChI is InChI=1S/C16H19N3O5S.Na/c1-16(2)11(15(23)24)19-13(22)10(14(19)25-16)18-12(21)9(17)7-3-5-8(20)6-4-7;/h3-6,9-11,14,20H,17H2,1-2H3,(H,18,21)(H,23,24);/q;+1/p-1/t9?,10-,11+,14-;/m0./s1. The van der Waals surface area contributed by atoms with E-state index in [4.69, 9.17) is 5.73 Å². The molecule has 2 amide bonds. The first-order valence-electron chi connectivity index (χ1n) is 7.69. The van der Waals surface area contributed by atoms with Crippen LogP contribution in [0.3, 0.4) is 0 Å². The number of hydrogen-bond acceptors (Lipinski definition) is 7. The number of carboxylic acid groups (broad SMARTS) is 1. The summed E-state index contributed by atoms with van der Waals surface area (Å²) >= 11 is 1.31. The van der Waals surface area contributed by atoms with Crippen LogP contribution in [0.1, 0.15) is 25.5 Å². The second-order valence-electron chi connectivity index (χ2n) is 6.63. The number of phenolic OH excluding ortho intramolecular Hbond substituents is 1. The van der Waals surface area contributed by atoms with Gasteiger partial charge < -0.3 is 31.0 Å². The van der Waals surface area contributed by atoms with Crippen molar-refractivity contribution in [3.05, 3.63) is 29.8 Å². The van der Waals surface area contributed by atoms with Gasteiger partial charge in [0.1, 0.15) is 23.2 Å². The minimum Gasteiger partial charge on any atom is -0.548 e. The van der Waals surface area contributed by atoms with Gasteiger partial charge in [-0.3, -0.25) is 9.59 Å². The van der Waals surface area contributed by atoms with Gasteiger partial charge in [-0.25, -0.2) is 0 Å². The number of carbonyl (C=O) groups is 3. The molecule has 134 valence electrons. The van der Waals surface area contributed by atoms with Gasteiger partial charge in [-0.1, -0.05) is 12.1 Å². The number of aromatic hydroxyl groups is 1. The summed E-state index contributed by atoms with van der Waals surface area (Å²) in [6.07, 6.45) is 0. The first kappa shape index (κ1) is 21.0. The Bertz CT molecular complexity index is 742. The Labute approximate surface area is 176 Å². The van der Waals surface area contributed by atoms with Crippen LogP contribution in [0, 0.1) is 0 Å². The van der Waals surface area contributed by atoms with Gasteiger partial charge in [0.15, 0.2) is 0 Å². The third kappa shape index (κ3) is 3.46. The largest absolute Gasteiger partial charge is 1.00 e. The number of carboxylic acids is 1. The molecule has 2 heterocycles. The topological polar surface area (TPSA) is 136 Å². The molecule has 1 aromatic carbocycles. The Morgan fingerprint density at radius 3 is 2.46 bits per heavy atom. The molecule has 26 heavy (non-hydrogen) atoms. The average Bonchev–Trinajstić information content (AvgIpc) is 2.80. The van der Waals surface area contributed by atoms with Gasteiger partial charge in [0, 0.05) is 4.75 Å². The van der Waals surface area contributed by atoms with E-state index in [-0.39, 0.29) is 35.3 Å². The van der Waals surface area contributed by atoms with Gasteiger partial charge >= 0.3 is 29.6 Å². The minimum absolute atomic E-state index is 0. The number of fused-ring (bicyclic) bond motifs is 1. The Kier molecular flexibility index (Phi) is 5.99. The molecule has 1 unspecified atom stereocenters. The SMILES string of the molecule is CC1(C)S[C@H]2[C@@H](NC(=O)C(N)c3ccc(O)cc3)C(=O)N2[C@@H]1C(=O)[O-].[Na+]. The third-order valence-corrected chi connectivity index (χ3v) is 6.07. The number of carbonyl (C=O) groups excluding carboxylic acids is 3. The smallest absolute Gasteiger partial charge is 0.548 e. The number of nitrogens with one attached hydrogen (secondary N) is 1.